The zero-order valence-electron chi connectivity index (χ0n) is 9.50. The summed E-state index contributed by atoms with van der Waals surface area (Å²) in [6.07, 6.45) is 0. The van der Waals surface area contributed by atoms with E-state index < -0.39 is 0 Å². The first-order valence-corrected chi connectivity index (χ1v) is 5.31. The number of ether oxygens (including phenoxy) is 1. The van der Waals surface area contributed by atoms with Crippen LogP contribution in [0.25, 0.3) is 0 Å². The van der Waals surface area contributed by atoms with Crippen LogP contribution in [0.4, 0.5) is 4.39 Å². The van der Waals surface area contributed by atoms with Crippen molar-refractivity contribution < 1.29 is 9.13 Å². The highest BCUT2D eigenvalue weighted by Gasteiger charge is 2.09. The van der Waals surface area contributed by atoms with Crippen LogP contribution in [0, 0.1) is 5.82 Å². The fourth-order valence-corrected chi connectivity index (χ4v) is 1.48. The van der Waals surface area contributed by atoms with Crippen LogP contribution in [-0.4, -0.2) is 19.3 Å². The third-order valence-corrected chi connectivity index (χ3v) is 2.57. The SMILES string of the molecule is CNC(=S)N[C@@H](C)c1ccc(OC)c(F)c1. The minimum Gasteiger partial charge on any atom is -0.494 e. The Morgan fingerprint density at radius 1 is 1.50 bits per heavy atom. The van der Waals surface area contributed by atoms with Gasteiger partial charge in [0.2, 0.25) is 0 Å². The van der Waals surface area contributed by atoms with Gasteiger partial charge in [0.05, 0.1) is 13.2 Å². The summed E-state index contributed by atoms with van der Waals surface area (Å²) in [7, 11) is 3.17. The number of methoxy groups -OCH3 is 1. The Labute approximate surface area is 100.0 Å². The number of benzene rings is 1. The minimum absolute atomic E-state index is 0.0552. The topological polar surface area (TPSA) is 33.3 Å². The molecule has 1 atom stereocenters. The van der Waals surface area contributed by atoms with Crippen LogP contribution >= 0.6 is 12.2 Å². The van der Waals surface area contributed by atoms with Crippen LogP contribution in [0.2, 0.25) is 0 Å². The van der Waals surface area contributed by atoms with E-state index in [1.807, 2.05) is 6.92 Å². The highest BCUT2D eigenvalue weighted by Crippen LogP contribution is 2.21. The van der Waals surface area contributed by atoms with Gasteiger partial charge in [0, 0.05) is 7.05 Å². The van der Waals surface area contributed by atoms with Gasteiger partial charge < -0.3 is 15.4 Å². The third kappa shape index (κ3) is 3.06. The molecule has 0 heterocycles. The molecule has 1 rings (SSSR count). The first-order chi connectivity index (χ1) is 7.58. The van der Waals surface area contributed by atoms with E-state index in [4.69, 9.17) is 17.0 Å². The molecule has 2 N–H and O–H groups in total. The molecule has 1 aromatic rings. The van der Waals surface area contributed by atoms with Gasteiger partial charge in [-0.3, -0.25) is 0 Å². The minimum atomic E-state index is -0.371. The summed E-state index contributed by atoms with van der Waals surface area (Å²) in [5.41, 5.74) is 0.816. The molecular weight excluding hydrogens is 227 g/mol. The van der Waals surface area contributed by atoms with Crippen LogP contribution in [0.15, 0.2) is 18.2 Å². The molecule has 0 saturated carbocycles. The molecule has 0 aliphatic rings. The fraction of sp³-hybridized carbons (Fsp3) is 0.364. The number of halogens is 1. The van der Waals surface area contributed by atoms with Gasteiger partial charge in [0.25, 0.3) is 0 Å². The standard InChI is InChI=1S/C11H15FN2OS/c1-7(14-11(16)13-2)8-4-5-10(15-3)9(12)6-8/h4-7H,1-3H3,(H2,13,14,16)/t7-/m0/s1. The van der Waals surface area contributed by atoms with Crippen molar-refractivity contribution >= 4 is 17.3 Å². The molecule has 0 amide bonds. The Morgan fingerprint density at radius 3 is 2.69 bits per heavy atom. The molecule has 3 nitrogen and oxygen atoms in total. The molecule has 0 aliphatic carbocycles. The number of rotatable bonds is 3. The van der Waals surface area contributed by atoms with Crippen molar-refractivity contribution in [1.82, 2.24) is 10.6 Å². The second-order valence-corrected chi connectivity index (χ2v) is 3.75. The van der Waals surface area contributed by atoms with Crippen LogP contribution in [0.1, 0.15) is 18.5 Å². The van der Waals surface area contributed by atoms with Gasteiger partial charge in [0.15, 0.2) is 16.7 Å². The Bertz CT molecular complexity index is 384. The lowest BCUT2D eigenvalue weighted by atomic mass is 10.1. The quantitative estimate of drug-likeness (QED) is 0.794. The molecule has 0 aliphatic heterocycles. The van der Waals surface area contributed by atoms with E-state index in [2.05, 4.69) is 10.6 Å². The summed E-state index contributed by atoms with van der Waals surface area (Å²) in [5, 5.41) is 6.36. The van der Waals surface area contributed by atoms with Crippen LogP contribution in [-0.2, 0) is 0 Å². The van der Waals surface area contributed by atoms with Crippen molar-refractivity contribution in [2.24, 2.45) is 0 Å². The lowest BCUT2D eigenvalue weighted by Crippen LogP contribution is -2.34. The highest BCUT2D eigenvalue weighted by atomic mass is 32.1. The van der Waals surface area contributed by atoms with E-state index in [0.29, 0.717) is 5.11 Å². The van der Waals surface area contributed by atoms with Crippen LogP contribution in [0.3, 0.4) is 0 Å². The van der Waals surface area contributed by atoms with Gasteiger partial charge in [-0.05, 0) is 36.8 Å². The van der Waals surface area contributed by atoms with Crippen molar-refractivity contribution in [2.45, 2.75) is 13.0 Å². The molecule has 16 heavy (non-hydrogen) atoms. The predicted octanol–water partition coefficient (Wildman–Crippen LogP) is 1.99. The monoisotopic (exact) mass is 242 g/mol. The molecule has 0 saturated heterocycles. The predicted molar refractivity (Wildman–Crippen MR) is 66.2 cm³/mol. The Balaban J connectivity index is 2.80. The molecule has 0 aromatic heterocycles. The van der Waals surface area contributed by atoms with E-state index >= 15 is 0 Å². The van der Waals surface area contributed by atoms with Gasteiger partial charge >= 0.3 is 0 Å². The molecule has 0 spiro atoms. The second kappa shape index (κ2) is 5.65. The summed E-state index contributed by atoms with van der Waals surface area (Å²) >= 11 is 4.97. The van der Waals surface area contributed by atoms with Gasteiger partial charge in [-0.25, -0.2) is 4.39 Å². The van der Waals surface area contributed by atoms with Crippen molar-refractivity contribution in [3.63, 3.8) is 0 Å². The third-order valence-electron chi connectivity index (χ3n) is 2.25. The Morgan fingerprint density at radius 2 is 2.19 bits per heavy atom. The molecule has 0 bridgehead atoms. The van der Waals surface area contributed by atoms with E-state index in [9.17, 15) is 4.39 Å². The summed E-state index contributed by atoms with van der Waals surface area (Å²) in [6.45, 7) is 1.91. The Hall–Kier alpha value is -1.36. The van der Waals surface area contributed by atoms with E-state index in [0.717, 1.165) is 5.56 Å². The molecule has 1 aromatic carbocycles. The summed E-state index contributed by atoms with van der Waals surface area (Å²) in [5.74, 6) is -0.129. The molecule has 0 radical (unpaired) electrons. The van der Waals surface area contributed by atoms with Crippen LogP contribution < -0.4 is 15.4 Å². The van der Waals surface area contributed by atoms with Gasteiger partial charge in [-0.2, -0.15) is 0 Å². The zero-order valence-corrected chi connectivity index (χ0v) is 10.3. The van der Waals surface area contributed by atoms with Crippen molar-refractivity contribution in [3.8, 4) is 5.75 Å². The first kappa shape index (κ1) is 12.7. The van der Waals surface area contributed by atoms with E-state index in [-0.39, 0.29) is 17.6 Å². The second-order valence-electron chi connectivity index (χ2n) is 3.34. The van der Waals surface area contributed by atoms with Crippen LogP contribution in [0.5, 0.6) is 5.75 Å². The van der Waals surface area contributed by atoms with Crippen molar-refractivity contribution in [1.29, 1.82) is 0 Å². The maximum atomic E-state index is 13.4. The number of hydrogen-bond donors (Lipinski definition) is 2. The molecule has 0 fully saturated rings. The number of hydrogen-bond acceptors (Lipinski definition) is 2. The van der Waals surface area contributed by atoms with Crippen molar-refractivity contribution in [2.75, 3.05) is 14.2 Å². The van der Waals surface area contributed by atoms with Gasteiger partial charge in [-0.1, -0.05) is 6.07 Å². The molecular formula is C11H15FN2OS. The maximum absolute atomic E-state index is 13.4. The van der Waals surface area contributed by atoms with E-state index in [1.54, 1.807) is 19.2 Å². The summed E-state index contributed by atoms with van der Waals surface area (Å²) in [4.78, 5) is 0. The average molecular weight is 242 g/mol. The Kier molecular flexibility index (Phi) is 4.49. The molecule has 88 valence electrons. The fourth-order valence-electron chi connectivity index (χ4n) is 1.30. The van der Waals surface area contributed by atoms with E-state index in [1.165, 1.54) is 13.2 Å². The largest absolute Gasteiger partial charge is 0.494 e. The average Bonchev–Trinajstić information content (AvgIpc) is 2.28. The summed E-state index contributed by atoms with van der Waals surface area (Å²) < 4.78 is 18.3. The van der Waals surface area contributed by atoms with Gasteiger partial charge in [0.1, 0.15) is 0 Å². The number of nitrogens with one attached hydrogen (secondary N) is 2. The maximum Gasteiger partial charge on any atom is 0.166 e. The lowest BCUT2D eigenvalue weighted by molar-refractivity contribution is 0.386. The molecule has 0 unspecified atom stereocenters. The molecule has 5 heteroatoms. The lowest BCUT2D eigenvalue weighted by Gasteiger charge is -2.16. The highest BCUT2D eigenvalue weighted by molar-refractivity contribution is 7.80. The normalized spacial score (nSPS) is 11.8. The van der Waals surface area contributed by atoms with Gasteiger partial charge in [-0.15, -0.1) is 0 Å². The summed E-state index contributed by atoms with van der Waals surface area (Å²) in [6, 6.07) is 4.79. The van der Waals surface area contributed by atoms with Crippen molar-refractivity contribution in [3.05, 3.63) is 29.6 Å². The first-order valence-electron chi connectivity index (χ1n) is 4.90. The smallest absolute Gasteiger partial charge is 0.166 e. The number of thiocarbonyl (C=S) groups is 1. The zero-order chi connectivity index (χ0) is 12.1.